The number of aliphatic hydroxyl groups excluding tert-OH is 2. The van der Waals surface area contributed by atoms with Crippen LogP contribution in [0.25, 0.3) is 0 Å². The van der Waals surface area contributed by atoms with Crippen molar-refractivity contribution < 1.29 is 10.2 Å². The van der Waals surface area contributed by atoms with E-state index < -0.39 is 0 Å². The summed E-state index contributed by atoms with van der Waals surface area (Å²) in [5.74, 6) is 0.380. The highest BCUT2D eigenvalue weighted by molar-refractivity contribution is 4.93. The first-order valence-corrected chi connectivity index (χ1v) is 6.47. The molecular formula is C12H24N2O2. The van der Waals surface area contributed by atoms with Crippen molar-refractivity contribution in [3.63, 3.8) is 0 Å². The summed E-state index contributed by atoms with van der Waals surface area (Å²) in [7, 11) is 0. The van der Waals surface area contributed by atoms with E-state index >= 15 is 0 Å². The molecule has 3 atom stereocenters. The zero-order valence-corrected chi connectivity index (χ0v) is 10.1. The van der Waals surface area contributed by atoms with Crippen molar-refractivity contribution in [3.05, 3.63) is 0 Å². The van der Waals surface area contributed by atoms with Gasteiger partial charge in [0, 0.05) is 31.7 Å². The molecule has 94 valence electrons. The van der Waals surface area contributed by atoms with Crippen LogP contribution in [-0.4, -0.2) is 59.5 Å². The van der Waals surface area contributed by atoms with Gasteiger partial charge >= 0.3 is 0 Å². The van der Waals surface area contributed by atoms with E-state index in [0.717, 1.165) is 25.6 Å². The van der Waals surface area contributed by atoms with Crippen LogP contribution in [0.1, 0.15) is 26.2 Å². The number of nitrogens with one attached hydrogen (secondary N) is 1. The Bertz CT molecular complexity index is 209. The fourth-order valence-electron chi connectivity index (χ4n) is 2.68. The van der Waals surface area contributed by atoms with E-state index in [9.17, 15) is 5.11 Å². The molecule has 0 spiro atoms. The number of likely N-dealkylation sites (tertiary alicyclic amines) is 1. The molecule has 1 heterocycles. The van der Waals surface area contributed by atoms with Gasteiger partial charge in [0.1, 0.15) is 0 Å². The van der Waals surface area contributed by atoms with Crippen molar-refractivity contribution in [2.45, 2.75) is 44.4 Å². The number of nitrogens with zero attached hydrogens (tertiary/aromatic N) is 1. The van der Waals surface area contributed by atoms with Crippen LogP contribution in [0.15, 0.2) is 0 Å². The first kappa shape index (κ1) is 12.3. The number of piperidine rings is 1. The van der Waals surface area contributed by atoms with E-state index in [1.54, 1.807) is 0 Å². The number of hydrogen-bond acceptors (Lipinski definition) is 4. The molecule has 3 unspecified atom stereocenters. The molecule has 2 aliphatic rings. The van der Waals surface area contributed by atoms with Crippen LogP contribution in [0, 0.1) is 5.92 Å². The van der Waals surface area contributed by atoms with Gasteiger partial charge in [0.05, 0.1) is 12.7 Å². The average molecular weight is 228 g/mol. The van der Waals surface area contributed by atoms with Gasteiger partial charge in [0.15, 0.2) is 0 Å². The molecule has 4 nitrogen and oxygen atoms in total. The third-order valence-corrected chi connectivity index (χ3v) is 3.80. The summed E-state index contributed by atoms with van der Waals surface area (Å²) in [6.07, 6.45) is 3.44. The molecule has 0 aromatic rings. The molecule has 4 heteroatoms. The van der Waals surface area contributed by atoms with E-state index in [1.807, 2.05) is 6.92 Å². The van der Waals surface area contributed by atoms with Crippen molar-refractivity contribution in [2.75, 3.05) is 26.2 Å². The summed E-state index contributed by atoms with van der Waals surface area (Å²) < 4.78 is 0. The van der Waals surface area contributed by atoms with Gasteiger partial charge in [0.25, 0.3) is 0 Å². The summed E-state index contributed by atoms with van der Waals surface area (Å²) >= 11 is 0. The Balaban J connectivity index is 1.87. The number of hydrogen-bond donors (Lipinski definition) is 3. The second-order valence-electron chi connectivity index (χ2n) is 5.30. The fourth-order valence-corrected chi connectivity index (χ4v) is 2.68. The minimum absolute atomic E-state index is 0.194. The second-order valence-corrected chi connectivity index (χ2v) is 5.30. The highest BCUT2D eigenvalue weighted by atomic mass is 16.3. The molecular weight excluding hydrogens is 204 g/mol. The molecule has 0 amide bonds. The maximum atomic E-state index is 9.74. The highest BCUT2D eigenvalue weighted by Gasteiger charge is 2.37. The summed E-state index contributed by atoms with van der Waals surface area (Å²) in [6.45, 7) is 4.87. The van der Waals surface area contributed by atoms with Crippen LogP contribution < -0.4 is 5.32 Å². The predicted molar refractivity (Wildman–Crippen MR) is 63.3 cm³/mol. The Labute approximate surface area is 97.6 Å². The molecule has 0 bridgehead atoms. The van der Waals surface area contributed by atoms with Crippen molar-refractivity contribution >= 4 is 0 Å². The zero-order chi connectivity index (χ0) is 11.5. The summed E-state index contributed by atoms with van der Waals surface area (Å²) in [5.41, 5.74) is 0. The summed E-state index contributed by atoms with van der Waals surface area (Å²) in [5, 5.41) is 21.9. The van der Waals surface area contributed by atoms with Crippen molar-refractivity contribution in [1.82, 2.24) is 10.2 Å². The zero-order valence-electron chi connectivity index (χ0n) is 10.1. The van der Waals surface area contributed by atoms with Gasteiger partial charge in [-0.15, -0.1) is 0 Å². The minimum atomic E-state index is -0.222. The minimum Gasteiger partial charge on any atom is -0.395 e. The van der Waals surface area contributed by atoms with Crippen LogP contribution in [0.2, 0.25) is 0 Å². The molecule has 0 radical (unpaired) electrons. The highest BCUT2D eigenvalue weighted by Crippen LogP contribution is 2.31. The van der Waals surface area contributed by atoms with Crippen LogP contribution in [0.4, 0.5) is 0 Å². The molecule has 16 heavy (non-hydrogen) atoms. The third kappa shape index (κ3) is 3.17. The maximum absolute atomic E-state index is 9.74. The van der Waals surface area contributed by atoms with Crippen LogP contribution in [-0.2, 0) is 0 Å². The first-order valence-electron chi connectivity index (χ1n) is 6.47. The SMILES string of the molecule is CC(O)C1CC(NCCO)CN(C2CC2)C1. The fraction of sp³-hybridized carbons (Fsp3) is 1.00. The van der Waals surface area contributed by atoms with E-state index in [0.29, 0.717) is 18.5 Å². The molecule has 0 aromatic carbocycles. The lowest BCUT2D eigenvalue weighted by atomic mass is 9.90. The third-order valence-electron chi connectivity index (χ3n) is 3.80. The van der Waals surface area contributed by atoms with Gasteiger partial charge in [-0.2, -0.15) is 0 Å². The maximum Gasteiger partial charge on any atom is 0.0556 e. The second kappa shape index (κ2) is 5.45. The lowest BCUT2D eigenvalue weighted by molar-refractivity contribution is 0.0440. The topological polar surface area (TPSA) is 55.7 Å². The van der Waals surface area contributed by atoms with E-state index in [1.165, 1.54) is 12.8 Å². The standard InChI is InChI=1S/C12H24N2O2/c1-9(16)10-6-11(13-4-5-15)8-14(7-10)12-2-3-12/h9-13,15-16H,2-8H2,1H3. The predicted octanol–water partition coefficient (Wildman–Crippen LogP) is -0.198. The van der Waals surface area contributed by atoms with Crippen molar-refractivity contribution in [2.24, 2.45) is 5.92 Å². The monoisotopic (exact) mass is 228 g/mol. The van der Waals surface area contributed by atoms with E-state index in [2.05, 4.69) is 10.2 Å². The average Bonchev–Trinajstić information content (AvgIpc) is 3.09. The van der Waals surface area contributed by atoms with Crippen LogP contribution >= 0.6 is 0 Å². The Morgan fingerprint density at radius 3 is 2.69 bits per heavy atom. The number of rotatable bonds is 5. The molecule has 2 rings (SSSR count). The lowest BCUT2D eigenvalue weighted by Gasteiger charge is -2.39. The van der Waals surface area contributed by atoms with E-state index in [4.69, 9.17) is 5.11 Å². The Kier molecular flexibility index (Phi) is 4.19. The summed E-state index contributed by atoms with van der Waals surface area (Å²) in [6, 6.07) is 1.20. The van der Waals surface area contributed by atoms with Gasteiger partial charge in [-0.25, -0.2) is 0 Å². The van der Waals surface area contributed by atoms with Gasteiger partial charge in [-0.05, 0) is 32.1 Å². The van der Waals surface area contributed by atoms with Crippen LogP contribution in [0.5, 0.6) is 0 Å². The smallest absolute Gasteiger partial charge is 0.0556 e. The largest absolute Gasteiger partial charge is 0.395 e. The van der Waals surface area contributed by atoms with Gasteiger partial charge in [0.2, 0.25) is 0 Å². The van der Waals surface area contributed by atoms with E-state index in [-0.39, 0.29) is 12.7 Å². The molecule has 0 aromatic heterocycles. The normalized spacial score (nSPS) is 33.9. The molecule has 2 fully saturated rings. The van der Waals surface area contributed by atoms with Crippen molar-refractivity contribution in [1.29, 1.82) is 0 Å². The Morgan fingerprint density at radius 1 is 1.38 bits per heavy atom. The number of aliphatic hydroxyl groups is 2. The molecule has 1 saturated heterocycles. The molecule has 1 saturated carbocycles. The first-order chi connectivity index (χ1) is 7.70. The lowest BCUT2D eigenvalue weighted by Crippen LogP contribution is -2.52. The van der Waals surface area contributed by atoms with Gasteiger partial charge in [-0.3, -0.25) is 4.90 Å². The molecule has 3 N–H and O–H groups in total. The van der Waals surface area contributed by atoms with Gasteiger partial charge in [-0.1, -0.05) is 0 Å². The Hall–Kier alpha value is -0.160. The van der Waals surface area contributed by atoms with Gasteiger partial charge < -0.3 is 15.5 Å². The van der Waals surface area contributed by atoms with Crippen molar-refractivity contribution in [3.8, 4) is 0 Å². The summed E-state index contributed by atoms with van der Waals surface area (Å²) in [4.78, 5) is 2.51. The van der Waals surface area contributed by atoms with Crippen LogP contribution in [0.3, 0.4) is 0 Å². The quantitative estimate of drug-likeness (QED) is 0.610. The molecule has 1 aliphatic heterocycles. The molecule has 1 aliphatic carbocycles. The Morgan fingerprint density at radius 2 is 2.12 bits per heavy atom.